The lowest BCUT2D eigenvalue weighted by molar-refractivity contribution is 0.380. The number of rotatable bonds is 7. The average molecular weight is 426 g/mol. The van der Waals surface area contributed by atoms with Crippen molar-refractivity contribution in [2.45, 2.75) is 30.8 Å². The van der Waals surface area contributed by atoms with Crippen LogP contribution in [0.5, 0.6) is 5.75 Å². The fourth-order valence-electron chi connectivity index (χ4n) is 2.74. The number of halogens is 1. The maximum absolute atomic E-state index is 13.8. The average Bonchev–Trinajstić information content (AvgIpc) is 3.41. The van der Waals surface area contributed by atoms with Crippen LogP contribution in [0.3, 0.4) is 0 Å². The van der Waals surface area contributed by atoms with Gasteiger partial charge in [0, 0.05) is 5.56 Å². The molecule has 10 heteroatoms. The number of benzene rings is 2. The van der Waals surface area contributed by atoms with Gasteiger partial charge in [-0.15, -0.1) is 5.10 Å². The third kappa shape index (κ3) is 4.33. The predicted molar refractivity (Wildman–Crippen MR) is 109 cm³/mol. The molecule has 0 aliphatic rings. The summed E-state index contributed by atoms with van der Waals surface area (Å²) in [7, 11) is 1.63. The normalized spacial score (nSPS) is 12.1. The molecule has 1 unspecified atom stereocenters. The van der Waals surface area contributed by atoms with E-state index in [1.54, 1.807) is 30.8 Å². The van der Waals surface area contributed by atoms with Crippen LogP contribution in [0.2, 0.25) is 0 Å². The van der Waals surface area contributed by atoms with Crippen LogP contribution in [0.4, 0.5) is 4.39 Å². The summed E-state index contributed by atoms with van der Waals surface area (Å²) in [5.41, 5.74) is 2.17. The minimum Gasteiger partial charge on any atom is -0.497 e. The Morgan fingerprint density at radius 2 is 2.00 bits per heavy atom. The molecule has 2 aromatic carbocycles. The Morgan fingerprint density at radius 3 is 2.73 bits per heavy atom. The molecule has 1 atom stereocenters. The zero-order chi connectivity index (χ0) is 21.1. The van der Waals surface area contributed by atoms with Gasteiger partial charge >= 0.3 is 0 Å². The molecule has 154 valence electrons. The van der Waals surface area contributed by atoms with Crippen LogP contribution in [-0.4, -0.2) is 37.5 Å². The van der Waals surface area contributed by atoms with Crippen molar-refractivity contribution >= 4 is 11.8 Å². The van der Waals surface area contributed by atoms with Crippen molar-refractivity contribution in [1.82, 2.24) is 30.3 Å². The first-order valence-corrected chi connectivity index (χ1v) is 10.1. The second-order valence-electron chi connectivity index (χ2n) is 6.65. The molecule has 0 spiro atoms. The zero-order valence-corrected chi connectivity index (χ0v) is 17.4. The molecule has 0 radical (unpaired) electrons. The molecule has 0 N–H and O–H groups in total. The van der Waals surface area contributed by atoms with E-state index in [0.717, 1.165) is 11.3 Å². The van der Waals surface area contributed by atoms with E-state index in [0.29, 0.717) is 34.5 Å². The van der Waals surface area contributed by atoms with Gasteiger partial charge in [0.15, 0.2) is 0 Å². The van der Waals surface area contributed by atoms with Gasteiger partial charge in [-0.1, -0.05) is 41.2 Å². The van der Waals surface area contributed by atoms with Gasteiger partial charge in [0.2, 0.25) is 16.9 Å². The minimum atomic E-state index is -0.306. The quantitative estimate of drug-likeness (QED) is 0.408. The predicted octanol–water partition coefficient (Wildman–Crippen LogP) is 4.08. The molecule has 2 aromatic heterocycles. The van der Waals surface area contributed by atoms with Gasteiger partial charge in [0.1, 0.15) is 11.6 Å². The molecule has 0 saturated heterocycles. The molecule has 0 fully saturated rings. The van der Waals surface area contributed by atoms with E-state index >= 15 is 0 Å². The topological polar surface area (TPSA) is 91.8 Å². The summed E-state index contributed by atoms with van der Waals surface area (Å²) < 4.78 is 26.1. The van der Waals surface area contributed by atoms with Crippen molar-refractivity contribution in [3.05, 3.63) is 65.3 Å². The highest BCUT2D eigenvalue weighted by Crippen LogP contribution is 2.33. The molecule has 0 amide bonds. The molecule has 0 bridgehead atoms. The summed E-state index contributed by atoms with van der Waals surface area (Å²) >= 11 is 1.40. The molecule has 4 aromatic rings. The Morgan fingerprint density at radius 1 is 1.20 bits per heavy atom. The zero-order valence-electron chi connectivity index (χ0n) is 16.6. The number of aryl methyl sites for hydroxylation is 1. The van der Waals surface area contributed by atoms with Gasteiger partial charge in [-0.3, -0.25) is 0 Å². The summed E-state index contributed by atoms with van der Waals surface area (Å²) in [4.78, 5) is 4.41. The van der Waals surface area contributed by atoms with Crippen LogP contribution in [0.15, 0.2) is 52.1 Å². The number of methoxy groups -OCH3 is 1. The van der Waals surface area contributed by atoms with Gasteiger partial charge in [0.05, 0.1) is 18.9 Å². The van der Waals surface area contributed by atoms with Crippen LogP contribution in [0.1, 0.15) is 29.2 Å². The lowest BCUT2D eigenvalue weighted by atomic mass is 10.1. The van der Waals surface area contributed by atoms with Crippen molar-refractivity contribution < 1.29 is 13.7 Å². The van der Waals surface area contributed by atoms with Gasteiger partial charge in [0.25, 0.3) is 0 Å². The molecule has 0 aliphatic heterocycles. The standard InChI is InChI=1S/C20H19FN6O2S/c1-12-4-7-15(10-17(12)21)18-22-19(29-24-18)13(2)30-20-23-25-26-27(20)11-14-5-8-16(28-3)9-6-14/h4-10,13H,11H2,1-3H3. The van der Waals surface area contributed by atoms with Crippen molar-refractivity contribution in [1.29, 1.82) is 0 Å². The van der Waals surface area contributed by atoms with E-state index in [1.165, 1.54) is 17.8 Å². The number of thioether (sulfide) groups is 1. The summed E-state index contributed by atoms with van der Waals surface area (Å²) in [6.07, 6.45) is 0. The van der Waals surface area contributed by atoms with Gasteiger partial charge < -0.3 is 9.26 Å². The van der Waals surface area contributed by atoms with Crippen LogP contribution in [0, 0.1) is 12.7 Å². The Balaban J connectivity index is 1.47. The lowest BCUT2D eigenvalue weighted by Gasteiger charge is -2.08. The smallest absolute Gasteiger partial charge is 0.240 e. The fraction of sp³-hybridized carbons (Fsp3) is 0.250. The number of ether oxygens (including phenoxy) is 1. The SMILES string of the molecule is COc1ccc(Cn2nnnc2SC(C)c2nc(-c3ccc(C)c(F)c3)no2)cc1. The number of aromatic nitrogens is 6. The van der Waals surface area contributed by atoms with Gasteiger partial charge in [-0.05, 0) is 53.6 Å². The summed E-state index contributed by atoms with van der Waals surface area (Å²) in [6, 6.07) is 12.6. The number of nitrogens with zero attached hydrogens (tertiary/aromatic N) is 6. The molecule has 30 heavy (non-hydrogen) atoms. The Bertz CT molecular complexity index is 1140. The van der Waals surface area contributed by atoms with Gasteiger partial charge in [-0.25, -0.2) is 9.07 Å². The lowest BCUT2D eigenvalue weighted by Crippen LogP contribution is -2.04. The maximum Gasteiger partial charge on any atom is 0.240 e. The third-order valence-corrected chi connectivity index (χ3v) is 5.55. The summed E-state index contributed by atoms with van der Waals surface area (Å²) in [5, 5.41) is 16.4. The van der Waals surface area contributed by atoms with Crippen molar-refractivity contribution in [3.8, 4) is 17.1 Å². The monoisotopic (exact) mass is 426 g/mol. The van der Waals surface area contributed by atoms with Crippen LogP contribution in [-0.2, 0) is 6.54 Å². The number of tetrazole rings is 1. The molecule has 2 heterocycles. The summed E-state index contributed by atoms with van der Waals surface area (Å²) in [5.74, 6) is 1.24. The van der Waals surface area contributed by atoms with E-state index in [4.69, 9.17) is 9.26 Å². The molecule has 0 aliphatic carbocycles. The van der Waals surface area contributed by atoms with Crippen molar-refractivity contribution in [2.75, 3.05) is 7.11 Å². The molecule has 8 nitrogen and oxygen atoms in total. The van der Waals surface area contributed by atoms with Crippen molar-refractivity contribution in [3.63, 3.8) is 0 Å². The van der Waals surface area contributed by atoms with E-state index in [-0.39, 0.29) is 11.1 Å². The second kappa shape index (κ2) is 8.62. The van der Waals surface area contributed by atoms with E-state index < -0.39 is 0 Å². The Labute approximate surface area is 176 Å². The Hall–Kier alpha value is -3.27. The van der Waals surface area contributed by atoms with E-state index in [2.05, 4.69) is 25.7 Å². The number of hydrogen-bond acceptors (Lipinski definition) is 8. The first-order chi connectivity index (χ1) is 14.5. The maximum atomic E-state index is 13.8. The highest BCUT2D eigenvalue weighted by Gasteiger charge is 2.20. The first-order valence-electron chi connectivity index (χ1n) is 9.19. The van der Waals surface area contributed by atoms with Crippen molar-refractivity contribution in [2.24, 2.45) is 0 Å². The Kier molecular flexibility index (Phi) is 5.75. The van der Waals surface area contributed by atoms with Crippen LogP contribution >= 0.6 is 11.8 Å². The molecule has 4 rings (SSSR count). The molecular formula is C20H19FN6O2S. The molecule has 0 saturated carbocycles. The fourth-order valence-corrected chi connectivity index (χ4v) is 3.56. The highest BCUT2D eigenvalue weighted by molar-refractivity contribution is 7.99. The van der Waals surface area contributed by atoms with Crippen LogP contribution < -0.4 is 4.74 Å². The number of hydrogen-bond donors (Lipinski definition) is 0. The third-order valence-electron chi connectivity index (χ3n) is 4.49. The largest absolute Gasteiger partial charge is 0.497 e. The molecular weight excluding hydrogens is 407 g/mol. The second-order valence-corrected chi connectivity index (χ2v) is 7.96. The minimum absolute atomic E-state index is 0.192. The van der Waals surface area contributed by atoms with Gasteiger partial charge in [-0.2, -0.15) is 4.98 Å². The first kappa shape index (κ1) is 20.0. The van der Waals surface area contributed by atoms with Crippen LogP contribution in [0.25, 0.3) is 11.4 Å². The summed E-state index contributed by atoms with van der Waals surface area (Å²) in [6.45, 7) is 4.14. The highest BCUT2D eigenvalue weighted by atomic mass is 32.2. The van der Waals surface area contributed by atoms with E-state index in [9.17, 15) is 4.39 Å². The van der Waals surface area contributed by atoms with E-state index in [1.807, 2.05) is 31.2 Å².